The molecule has 0 atom stereocenters. The van der Waals surface area contributed by atoms with Gasteiger partial charge >= 0.3 is 0 Å². The summed E-state index contributed by atoms with van der Waals surface area (Å²) in [6, 6.07) is 5.38. The molecule has 0 fully saturated rings. The maximum Gasteiger partial charge on any atom is 0.236 e. The number of hydrazone groups is 1. The van der Waals surface area contributed by atoms with E-state index in [1.807, 2.05) is 6.07 Å². The molecule has 0 radical (unpaired) electrons. The first kappa shape index (κ1) is 16.3. The van der Waals surface area contributed by atoms with Gasteiger partial charge in [0.15, 0.2) is 5.82 Å². The normalized spacial score (nSPS) is 12.1. The Kier molecular flexibility index (Phi) is 6.31. The van der Waals surface area contributed by atoms with Crippen LogP contribution in [0.15, 0.2) is 29.5 Å². The van der Waals surface area contributed by atoms with E-state index in [-0.39, 0.29) is 5.41 Å². The fourth-order valence-electron chi connectivity index (χ4n) is 1.94. The third-order valence-electron chi connectivity index (χ3n) is 2.57. The van der Waals surface area contributed by atoms with Crippen LogP contribution < -0.4 is 5.01 Å². The molecule has 0 aliphatic carbocycles. The first-order chi connectivity index (χ1) is 9.42. The molecule has 0 N–H and O–H groups in total. The second-order valence-corrected chi connectivity index (χ2v) is 6.02. The van der Waals surface area contributed by atoms with E-state index in [1.54, 1.807) is 24.5 Å². The average Bonchev–Trinajstić information content (AvgIpc) is 2.38. The minimum Gasteiger partial charge on any atom is -0.305 e. The molecule has 0 saturated heterocycles. The number of rotatable bonds is 7. The predicted molar refractivity (Wildman–Crippen MR) is 82.8 cm³/mol. The SMILES string of the molecule is CN(CC/C=N/N(C=O)c1ccccn1)CC(C)(C)C. The van der Waals surface area contributed by atoms with Crippen LogP contribution in [0.25, 0.3) is 0 Å². The molecule has 1 aromatic rings. The number of hydrogen-bond acceptors (Lipinski definition) is 4. The minimum absolute atomic E-state index is 0.286. The second kappa shape index (κ2) is 7.75. The summed E-state index contributed by atoms with van der Waals surface area (Å²) in [6.45, 7) is 8.58. The van der Waals surface area contributed by atoms with Crippen LogP contribution in [0.5, 0.6) is 0 Å². The van der Waals surface area contributed by atoms with Gasteiger partial charge < -0.3 is 4.90 Å². The third-order valence-corrected chi connectivity index (χ3v) is 2.57. The van der Waals surface area contributed by atoms with Gasteiger partial charge in [-0.05, 0) is 31.0 Å². The molecule has 1 rings (SSSR count). The van der Waals surface area contributed by atoms with Gasteiger partial charge in [-0.1, -0.05) is 26.8 Å². The molecule has 110 valence electrons. The Balaban J connectivity index is 2.42. The predicted octanol–water partition coefficient (Wildman–Crippen LogP) is 2.40. The Morgan fingerprint density at radius 3 is 2.65 bits per heavy atom. The van der Waals surface area contributed by atoms with Gasteiger partial charge in [-0.25, -0.2) is 4.98 Å². The van der Waals surface area contributed by atoms with Crippen molar-refractivity contribution < 1.29 is 4.79 Å². The van der Waals surface area contributed by atoms with Crippen molar-refractivity contribution in [1.82, 2.24) is 9.88 Å². The fraction of sp³-hybridized carbons (Fsp3) is 0.533. The zero-order valence-electron chi connectivity index (χ0n) is 12.8. The van der Waals surface area contributed by atoms with Crippen molar-refractivity contribution in [2.75, 3.05) is 25.1 Å². The maximum absolute atomic E-state index is 11.0. The first-order valence-electron chi connectivity index (χ1n) is 6.79. The van der Waals surface area contributed by atoms with Crippen molar-refractivity contribution in [3.05, 3.63) is 24.4 Å². The number of pyridine rings is 1. The standard InChI is InChI=1S/C15H24N4O/c1-15(2,3)12-18(4)11-7-10-17-19(13-20)14-8-5-6-9-16-14/h5-6,8-10,13H,7,11-12H2,1-4H3/b17-10+. The fourth-order valence-corrected chi connectivity index (χ4v) is 1.94. The highest BCUT2D eigenvalue weighted by Crippen LogP contribution is 2.14. The number of aromatic nitrogens is 1. The van der Waals surface area contributed by atoms with Gasteiger partial charge in [0.05, 0.1) is 0 Å². The highest BCUT2D eigenvalue weighted by molar-refractivity contribution is 5.75. The molecule has 0 saturated carbocycles. The molecule has 0 aliphatic rings. The van der Waals surface area contributed by atoms with Crippen LogP contribution in [0.2, 0.25) is 0 Å². The lowest BCUT2D eigenvalue weighted by atomic mass is 9.96. The quantitative estimate of drug-likeness (QED) is 0.436. The molecule has 5 nitrogen and oxygen atoms in total. The van der Waals surface area contributed by atoms with E-state index in [9.17, 15) is 4.79 Å². The number of nitrogens with zero attached hydrogens (tertiary/aromatic N) is 4. The summed E-state index contributed by atoms with van der Waals surface area (Å²) in [4.78, 5) is 17.3. The third kappa shape index (κ3) is 6.43. The number of hydrogen-bond donors (Lipinski definition) is 0. The zero-order valence-corrected chi connectivity index (χ0v) is 12.8. The lowest BCUT2D eigenvalue weighted by Gasteiger charge is -2.25. The van der Waals surface area contributed by atoms with Gasteiger partial charge in [-0.15, -0.1) is 0 Å². The Labute approximate surface area is 121 Å². The van der Waals surface area contributed by atoms with Crippen LogP contribution in [0.4, 0.5) is 5.82 Å². The van der Waals surface area contributed by atoms with Gasteiger partial charge in [0.25, 0.3) is 0 Å². The van der Waals surface area contributed by atoms with E-state index in [4.69, 9.17) is 0 Å². The Hall–Kier alpha value is -1.75. The Bertz CT molecular complexity index is 425. The molecule has 0 spiro atoms. The molecule has 0 aliphatic heterocycles. The smallest absolute Gasteiger partial charge is 0.236 e. The number of amides is 1. The molecule has 0 bridgehead atoms. The summed E-state index contributed by atoms with van der Waals surface area (Å²) >= 11 is 0. The van der Waals surface area contributed by atoms with Gasteiger partial charge in [-0.3, -0.25) is 4.79 Å². The van der Waals surface area contributed by atoms with Crippen LogP contribution in [-0.2, 0) is 4.79 Å². The van der Waals surface area contributed by atoms with E-state index in [0.717, 1.165) is 19.5 Å². The molecular formula is C15H24N4O. The molecular weight excluding hydrogens is 252 g/mol. The van der Waals surface area contributed by atoms with E-state index >= 15 is 0 Å². The summed E-state index contributed by atoms with van der Waals surface area (Å²) < 4.78 is 0. The summed E-state index contributed by atoms with van der Waals surface area (Å²) in [7, 11) is 2.09. The summed E-state index contributed by atoms with van der Waals surface area (Å²) in [6.07, 6.45) is 4.85. The zero-order chi connectivity index (χ0) is 15.0. The van der Waals surface area contributed by atoms with Gasteiger partial charge in [0, 0.05) is 25.5 Å². The van der Waals surface area contributed by atoms with Crippen molar-refractivity contribution in [2.45, 2.75) is 27.2 Å². The van der Waals surface area contributed by atoms with E-state index < -0.39 is 0 Å². The number of carbonyl (C=O) groups is 1. The van der Waals surface area contributed by atoms with Crippen molar-refractivity contribution in [1.29, 1.82) is 0 Å². The lowest BCUT2D eigenvalue weighted by molar-refractivity contribution is -0.107. The monoisotopic (exact) mass is 276 g/mol. The highest BCUT2D eigenvalue weighted by atomic mass is 16.1. The molecule has 0 aromatic carbocycles. The van der Waals surface area contributed by atoms with E-state index in [0.29, 0.717) is 12.2 Å². The molecule has 0 unspecified atom stereocenters. The molecule has 1 aromatic heterocycles. The van der Waals surface area contributed by atoms with Gasteiger partial charge in [0.2, 0.25) is 6.41 Å². The van der Waals surface area contributed by atoms with E-state index in [1.165, 1.54) is 5.01 Å². The van der Waals surface area contributed by atoms with Crippen molar-refractivity contribution >= 4 is 18.4 Å². The Morgan fingerprint density at radius 1 is 1.35 bits per heavy atom. The summed E-state index contributed by atoms with van der Waals surface area (Å²) in [5.74, 6) is 0.529. The van der Waals surface area contributed by atoms with Crippen LogP contribution in [0.1, 0.15) is 27.2 Å². The summed E-state index contributed by atoms with van der Waals surface area (Å²) in [5.41, 5.74) is 0.286. The van der Waals surface area contributed by atoms with Crippen molar-refractivity contribution in [3.8, 4) is 0 Å². The van der Waals surface area contributed by atoms with Crippen molar-refractivity contribution in [3.63, 3.8) is 0 Å². The van der Waals surface area contributed by atoms with Gasteiger partial charge in [-0.2, -0.15) is 10.1 Å². The first-order valence-corrected chi connectivity index (χ1v) is 6.79. The Morgan fingerprint density at radius 2 is 2.10 bits per heavy atom. The minimum atomic E-state index is 0.286. The van der Waals surface area contributed by atoms with Gasteiger partial charge in [0.1, 0.15) is 0 Å². The van der Waals surface area contributed by atoms with Crippen LogP contribution in [0, 0.1) is 5.41 Å². The van der Waals surface area contributed by atoms with Crippen LogP contribution in [-0.4, -0.2) is 42.6 Å². The molecule has 5 heteroatoms. The molecule has 1 amide bonds. The number of anilines is 1. The maximum atomic E-state index is 11.0. The topological polar surface area (TPSA) is 48.8 Å². The van der Waals surface area contributed by atoms with Crippen LogP contribution in [0.3, 0.4) is 0 Å². The summed E-state index contributed by atoms with van der Waals surface area (Å²) in [5, 5.41) is 5.37. The van der Waals surface area contributed by atoms with Crippen molar-refractivity contribution in [2.24, 2.45) is 10.5 Å². The highest BCUT2D eigenvalue weighted by Gasteiger charge is 2.12. The van der Waals surface area contributed by atoms with E-state index in [2.05, 4.69) is 42.8 Å². The average molecular weight is 276 g/mol. The lowest BCUT2D eigenvalue weighted by Crippen LogP contribution is -2.30. The number of carbonyl (C=O) groups excluding carboxylic acids is 1. The molecule has 20 heavy (non-hydrogen) atoms. The molecule has 1 heterocycles. The van der Waals surface area contributed by atoms with Crippen LogP contribution >= 0.6 is 0 Å². The second-order valence-electron chi connectivity index (χ2n) is 6.02. The largest absolute Gasteiger partial charge is 0.305 e.